The first-order valence-electron chi connectivity index (χ1n) is 10.3. The number of thioether (sulfide) groups is 1. The largest absolute Gasteiger partial charge is 0.466 e. The molecule has 0 aliphatic rings. The topological polar surface area (TPSA) is 99.0 Å². The second-order valence-electron chi connectivity index (χ2n) is 7.63. The Bertz CT molecular complexity index is 1070. The first-order valence-corrected chi connectivity index (χ1v) is 13.1. The minimum absolute atomic E-state index is 0.0936. The van der Waals surface area contributed by atoms with Crippen molar-refractivity contribution in [3.05, 3.63) is 27.4 Å². The number of esters is 1. The van der Waals surface area contributed by atoms with Crippen LogP contribution in [0.2, 0.25) is 0 Å². The van der Waals surface area contributed by atoms with E-state index in [1.807, 2.05) is 0 Å². The van der Waals surface area contributed by atoms with Crippen LogP contribution in [0.4, 0.5) is 5.13 Å². The van der Waals surface area contributed by atoms with Crippen LogP contribution < -0.4 is 5.32 Å². The standard InChI is InChI=1S/C21H27N5O3S3/c1-6-29-18(28)8-15-10-31-20(22-15)23-17(27)11-32-21-25-24-19(26(21)13(4)5)14-7-16(12(2)3)30-9-14/h7,9-10,12-13H,6,8,11H2,1-5H3,(H,22,23,27). The Hall–Kier alpha value is -2.24. The van der Waals surface area contributed by atoms with Crippen molar-refractivity contribution in [2.45, 2.75) is 58.2 Å². The Morgan fingerprint density at radius 2 is 1.97 bits per heavy atom. The molecule has 0 saturated heterocycles. The number of aromatic nitrogens is 4. The van der Waals surface area contributed by atoms with Crippen LogP contribution in [0.5, 0.6) is 0 Å². The van der Waals surface area contributed by atoms with Gasteiger partial charge in [0, 0.05) is 27.2 Å². The number of hydrogen-bond donors (Lipinski definition) is 1. The van der Waals surface area contributed by atoms with E-state index < -0.39 is 0 Å². The Kier molecular flexibility index (Phi) is 8.44. The van der Waals surface area contributed by atoms with Crippen LogP contribution in [0, 0.1) is 0 Å². The molecule has 0 saturated carbocycles. The lowest BCUT2D eigenvalue weighted by molar-refractivity contribution is -0.142. The number of nitrogens with one attached hydrogen (secondary N) is 1. The van der Waals surface area contributed by atoms with Crippen LogP contribution >= 0.6 is 34.4 Å². The molecular weight excluding hydrogens is 466 g/mol. The first-order chi connectivity index (χ1) is 15.3. The molecular formula is C21H27N5O3S3. The average Bonchev–Trinajstić information content (AvgIpc) is 3.45. The normalized spacial score (nSPS) is 11.3. The van der Waals surface area contributed by atoms with Gasteiger partial charge in [-0.1, -0.05) is 25.6 Å². The average molecular weight is 494 g/mol. The third-order valence-corrected chi connectivity index (χ3v) is 7.37. The van der Waals surface area contributed by atoms with Gasteiger partial charge in [0.05, 0.1) is 24.5 Å². The third kappa shape index (κ3) is 6.17. The highest BCUT2D eigenvalue weighted by Crippen LogP contribution is 2.32. The number of ether oxygens (including phenoxy) is 1. The number of hydrogen-bond acceptors (Lipinski definition) is 9. The fourth-order valence-electron chi connectivity index (χ4n) is 2.90. The van der Waals surface area contributed by atoms with Gasteiger partial charge >= 0.3 is 5.97 Å². The van der Waals surface area contributed by atoms with Gasteiger partial charge in [0.1, 0.15) is 0 Å². The lowest BCUT2D eigenvalue weighted by Gasteiger charge is -2.13. The molecule has 0 aliphatic carbocycles. The molecule has 0 radical (unpaired) electrons. The summed E-state index contributed by atoms with van der Waals surface area (Å²) in [5.74, 6) is 0.934. The van der Waals surface area contributed by atoms with Crippen molar-refractivity contribution >= 4 is 51.4 Å². The predicted octanol–water partition coefficient (Wildman–Crippen LogP) is 5.00. The van der Waals surface area contributed by atoms with Crippen LogP contribution in [-0.4, -0.2) is 44.0 Å². The maximum Gasteiger partial charge on any atom is 0.311 e. The van der Waals surface area contributed by atoms with E-state index in [9.17, 15) is 9.59 Å². The van der Waals surface area contributed by atoms with Crippen molar-refractivity contribution in [2.75, 3.05) is 17.7 Å². The molecule has 0 aromatic carbocycles. The summed E-state index contributed by atoms with van der Waals surface area (Å²) in [6, 6.07) is 2.31. The zero-order valence-electron chi connectivity index (χ0n) is 18.7. The zero-order valence-corrected chi connectivity index (χ0v) is 21.2. The molecule has 172 valence electrons. The number of anilines is 1. The number of amides is 1. The van der Waals surface area contributed by atoms with Gasteiger partial charge < -0.3 is 10.1 Å². The van der Waals surface area contributed by atoms with Gasteiger partial charge in [-0.15, -0.1) is 32.9 Å². The highest BCUT2D eigenvalue weighted by Gasteiger charge is 2.19. The summed E-state index contributed by atoms with van der Waals surface area (Å²) < 4.78 is 6.98. The third-order valence-electron chi connectivity index (χ3n) is 4.39. The van der Waals surface area contributed by atoms with Gasteiger partial charge in [-0.2, -0.15) is 0 Å². The van der Waals surface area contributed by atoms with Crippen LogP contribution in [0.1, 0.15) is 57.1 Å². The van der Waals surface area contributed by atoms with Crippen molar-refractivity contribution in [3.63, 3.8) is 0 Å². The van der Waals surface area contributed by atoms with Crippen LogP contribution in [-0.2, 0) is 20.7 Å². The van der Waals surface area contributed by atoms with Gasteiger partial charge in [0.2, 0.25) is 5.91 Å². The smallest absolute Gasteiger partial charge is 0.311 e. The summed E-state index contributed by atoms with van der Waals surface area (Å²) in [7, 11) is 0. The molecule has 1 amide bonds. The second kappa shape index (κ2) is 11.1. The summed E-state index contributed by atoms with van der Waals surface area (Å²) in [5.41, 5.74) is 1.63. The molecule has 8 nitrogen and oxygen atoms in total. The predicted molar refractivity (Wildman–Crippen MR) is 130 cm³/mol. The lowest BCUT2D eigenvalue weighted by Crippen LogP contribution is -2.15. The molecule has 0 bridgehead atoms. The highest BCUT2D eigenvalue weighted by molar-refractivity contribution is 7.99. The van der Waals surface area contributed by atoms with Crippen molar-refractivity contribution in [3.8, 4) is 11.4 Å². The van der Waals surface area contributed by atoms with Crippen LogP contribution in [0.3, 0.4) is 0 Å². The minimum atomic E-state index is -0.332. The molecule has 3 rings (SSSR count). The van der Waals surface area contributed by atoms with E-state index in [2.05, 4.69) is 64.2 Å². The van der Waals surface area contributed by atoms with Gasteiger partial charge in [-0.3, -0.25) is 14.2 Å². The first kappa shape index (κ1) is 24.4. The fraction of sp³-hybridized carbons (Fsp3) is 0.476. The molecule has 0 atom stereocenters. The highest BCUT2D eigenvalue weighted by atomic mass is 32.2. The van der Waals surface area contributed by atoms with E-state index >= 15 is 0 Å². The summed E-state index contributed by atoms with van der Waals surface area (Å²) in [6.45, 7) is 10.6. The van der Waals surface area contributed by atoms with Gasteiger partial charge in [0.25, 0.3) is 0 Å². The molecule has 0 fully saturated rings. The van der Waals surface area contributed by atoms with E-state index in [-0.39, 0.29) is 30.1 Å². The van der Waals surface area contributed by atoms with Crippen molar-refractivity contribution in [1.29, 1.82) is 0 Å². The summed E-state index contributed by atoms with van der Waals surface area (Å²) in [6.07, 6.45) is 0.0936. The monoisotopic (exact) mass is 493 g/mol. The summed E-state index contributed by atoms with van der Waals surface area (Å²) in [5, 5.41) is 16.5. The molecule has 3 aromatic rings. The molecule has 0 spiro atoms. The lowest BCUT2D eigenvalue weighted by atomic mass is 10.1. The summed E-state index contributed by atoms with van der Waals surface area (Å²) in [4.78, 5) is 29.6. The fourth-order valence-corrected chi connectivity index (χ4v) is 5.40. The van der Waals surface area contributed by atoms with Gasteiger partial charge in [0.15, 0.2) is 16.1 Å². The molecule has 3 heterocycles. The Morgan fingerprint density at radius 3 is 2.62 bits per heavy atom. The van der Waals surface area contributed by atoms with E-state index in [1.54, 1.807) is 23.6 Å². The maximum absolute atomic E-state index is 12.4. The zero-order chi connectivity index (χ0) is 23.3. The van der Waals surface area contributed by atoms with E-state index in [0.29, 0.717) is 28.5 Å². The van der Waals surface area contributed by atoms with Crippen molar-refractivity contribution in [1.82, 2.24) is 19.7 Å². The van der Waals surface area contributed by atoms with Crippen molar-refractivity contribution < 1.29 is 14.3 Å². The van der Waals surface area contributed by atoms with Gasteiger partial charge in [-0.25, -0.2) is 4.98 Å². The molecule has 3 aromatic heterocycles. The number of carbonyl (C=O) groups excluding carboxylic acids is 2. The Morgan fingerprint density at radius 1 is 1.19 bits per heavy atom. The van der Waals surface area contributed by atoms with E-state index in [1.165, 1.54) is 28.0 Å². The van der Waals surface area contributed by atoms with Crippen LogP contribution in [0.15, 0.2) is 22.0 Å². The molecule has 0 aliphatic heterocycles. The Balaban J connectivity index is 1.63. The number of carbonyl (C=O) groups is 2. The second-order valence-corrected chi connectivity index (χ2v) is 10.4. The quantitative estimate of drug-likeness (QED) is 0.313. The maximum atomic E-state index is 12.4. The Labute approximate surface area is 199 Å². The SMILES string of the molecule is CCOC(=O)Cc1csc(NC(=O)CSc2nnc(-c3csc(C(C)C)c3)n2C(C)C)n1. The molecule has 32 heavy (non-hydrogen) atoms. The van der Waals surface area contributed by atoms with E-state index in [0.717, 1.165) is 11.4 Å². The number of thiophene rings is 1. The molecule has 11 heteroatoms. The van der Waals surface area contributed by atoms with Crippen LogP contribution in [0.25, 0.3) is 11.4 Å². The number of rotatable bonds is 10. The number of nitrogens with zero attached hydrogens (tertiary/aromatic N) is 4. The molecule has 0 unspecified atom stereocenters. The number of thiazole rings is 1. The minimum Gasteiger partial charge on any atom is -0.466 e. The van der Waals surface area contributed by atoms with Gasteiger partial charge in [-0.05, 0) is 32.8 Å². The van der Waals surface area contributed by atoms with Crippen molar-refractivity contribution in [2.24, 2.45) is 0 Å². The van der Waals surface area contributed by atoms with E-state index in [4.69, 9.17) is 4.74 Å². The summed E-state index contributed by atoms with van der Waals surface area (Å²) >= 11 is 4.34. The molecule has 1 N–H and O–H groups in total.